The first-order chi connectivity index (χ1) is 7.50. The number of rotatable bonds is 1. The lowest BCUT2D eigenvalue weighted by Crippen LogP contribution is -2.22. The quantitative estimate of drug-likeness (QED) is 0.716. The molecule has 0 fully saturated rings. The maximum absolute atomic E-state index is 12.2. The first-order valence-corrected chi connectivity index (χ1v) is 5.63. The zero-order chi connectivity index (χ0) is 11.9. The first-order valence-electron chi connectivity index (χ1n) is 5.63. The highest BCUT2D eigenvalue weighted by Gasteiger charge is 2.08. The third-order valence-electron chi connectivity index (χ3n) is 2.95. The Bertz CT molecular complexity index is 593. The summed E-state index contributed by atoms with van der Waals surface area (Å²) in [6.07, 6.45) is 1.95. The van der Waals surface area contributed by atoms with Gasteiger partial charge in [0.25, 0.3) is 5.56 Å². The van der Waals surface area contributed by atoms with Gasteiger partial charge in [0.2, 0.25) is 0 Å². The highest BCUT2D eigenvalue weighted by molar-refractivity contribution is 5.85. The zero-order valence-corrected chi connectivity index (χ0v) is 10.2. The molecule has 2 rings (SSSR count). The van der Waals surface area contributed by atoms with E-state index in [9.17, 15) is 4.79 Å². The molecule has 84 valence electrons. The number of pyridine rings is 1. The summed E-state index contributed by atoms with van der Waals surface area (Å²) in [6.45, 7) is 8.13. The van der Waals surface area contributed by atoms with Crippen LogP contribution >= 0.6 is 0 Å². The number of benzene rings is 1. The van der Waals surface area contributed by atoms with Crippen LogP contribution in [0.4, 0.5) is 0 Å². The van der Waals surface area contributed by atoms with Crippen LogP contribution in [0.2, 0.25) is 0 Å². The van der Waals surface area contributed by atoms with Crippen molar-refractivity contribution in [2.75, 3.05) is 0 Å². The van der Waals surface area contributed by atoms with Gasteiger partial charge in [-0.25, -0.2) is 0 Å². The molecule has 0 radical (unpaired) electrons. The van der Waals surface area contributed by atoms with Crippen LogP contribution in [0.3, 0.4) is 0 Å². The van der Waals surface area contributed by atoms with Crippen LogP contribution in [0.5, 0.6) is 0 Å². The molecule has 2 nitrogen and oxygen atoms in total. The minimum absolute atomic E-state index is 0.110. The fourth-order valence-corrected chi connectivity index (χ4v) is 2.04. The Kier molecular flexibility index (Phi) is 2.58. The van der Waals surface area contributed by atoms with Gasteiger partial charge in [-0.1, -0.05) is 17.7 Å². The molecule has 0 unspecified atom stereocenters. The SMILES string of the molecule is Cc1ccc2c(C)cn(C(C)C)c(=O)c2c1. The lowest BCUT2D eigenvalue weighted by atomic mass is 10.1. The predicted octanol–water partition coefficient (Wildman–Crippen LogP) is 3.20. The van der Waals surface area contributed by atoms with E-state index in [2.05, 4.69) is 13.0 Å². The predicted molar refractivity (Wildman–Crippen MR) is 68.1 cm³/mol. The van der Waals surface area contributed by atoms with Crippen molar-refractivity contribution in [1.29, 1.82) is 0 Å². The Labute approximate surface area is 95.5 Å². The number of fused-ring (bicyclic) bond motifs is 1. The summed E-state index contributed by atoms with van der Waals surface area (Å²) in [4.78, 5) is 12.2. The number of nitrogens with zero attached hydrogens (tertiary/aromatic N) is 1. The Balaban J connectivity index is 2.92. The number of hydrogen-bond donors (Lipinski definition) is 0. The van der Waals surface area contributed by atoms with Gasteiger partial charge in [-0.05, 0) is 44.7 Å². The van der Waals surface area contributed by atoms with Crippen LogP contribution in [0.25, 0.3) is 10.8 Å². The van der Waals surface area contributed by atoms with E-state index in [1.54, 1.807) is 4.57 Å². The van der Waals surface area contributed by atoms with E-state index < -0.39 is 0 Å². The lowest BCUT2D eigenvalue weighted by molar-refractivity contribution is 0.581. The average molecular weight is 215 g/mol. The molecule has 16 heavy (non-hydrogen) atoms. The Morgan fingerprint density at radius 1 is 1.12 bits per heavy atom. The second-order valence-corrected chi connectivity index (χ2v) is 4.67. The molecule has 0 atom stereocenters. The topological polar surface area (TPSA) is 22.0 Å². The molecule has 0 spiro atoms. The van der Waals surface area contributed by atoms with Crippen molar-refractivity contribution in [3.8, 4) is 0 Å². The van der Waals surface area contributed by atoms with Crippen LogP contribution in [0.1, 0.15) is 31.0 Å². The van der Waals surface area contributed by atoms with E-state index in [1.807, 2.05) is 39.1 Å². The zero-order valence-electron chi connectivity index (χ0n) is 10.2. The normalized spacial score (nSPS) is 11.3. The second-order valence-electron chi connectivity index (χ2n) is 4.67. The number of aryl methyl sites for hydroxylation is 2. The van der Waals surface area contributed by atoms with Gasteiger partial charge >= 0.3 is 0 Å². The lowest BCUT2D eigenvalue weighted by Gasteiger charge is -2.13. The van der Waals surface area contributed by atoms with Gasteiger partial charge in [-0.2, -0.15) is 0 Å². The van der Waals surface area contributed by atoms with Crippen LogP contribution in [-0.4, -0.2) is 4.57 Å². The molecule has 2 aromatic rings. The van der Waals surface area contributed by atoms with E-state index in [-0.39, 0.29) is 11.6 Å². The van der Waals surface area contributed by atoms with Crippen molar-refractivity contribution in [1.82, 2.24) is 4.57 Å². The number of aromatic nitrogens is 1. The van der Waals surface area contributed by atoms with Crippen molar-refractivity contribution in [2.24, 2.45) is 0 Å². The molecule has 0 N–H and O–H groups in total. The number of hydrogen-bond acceptors (Lipinski definition) is 1. The summed E-state index contributed by atoms with van der Waals surface area (Å²) >= 11 is 0. The summed E-state index contributed by atoms with van der Waals surface area (Å²) < 4.78 is 1.80. The van der Waals surface area contributed by atoms with Crippen molar-refractivity contribution in [3.05, 3.63) is 45.9 Å². The van der Waals surface area contributed by atoms with Gasteiger partial charge < -0.3 is 4.57 Å². The van der Waals surface area contributed by atoms with E-state index in [0.29, 0.717) is 0 Å². The fraction of sp³-hybridized carbons (Fsp3) is 0.357. The van der Waals surface area contributed by atoms with Gasteiger partial charge in [0.1, 0.15) is 0 Å². The molecular formula is C14H17NO. The molecule has 0 aliphatic heterocycles. The minimum atomic E-state index is 0.110. The monoisotopic (exact) mass is 215 g/mol. The molecule has 0 bridgehead atoms. The summed E-state index contributed by atoms with van der Waals surface area (Å²) in [5.74, 6) is 0. The van der Waals surface area contributed by atoms with Gasteiger partial charge in [0, 0.05) is 17.6 Å². The molecule has 0 aliphatic rings. The maximum atomic E-state index is 12.2. The summed E-state index contributed by atoms with van der Waals surface area (Å²) in [5.41, 5.74) is 2.40. The van der Waals surface area contributed by atoms with Gasteiger partial charge in [0.05, 0.1) is 0 Å². The molecule has 0 amide bonds. The van der Waals surface area contributed by atoms with Crippen molar-refractivity contribution >= 4 is 10.8 Å². The maximum Gasteiger partial charge on any atom is 0.258 e. The van der Waals surface area contributed by atoms with E-state index in [1.165, 1.54) is 0 Å². The van der Waals surface area contributed by atoms with Gasteiger partial charge in [-0.3, -0.25) is 4.79 Å². The molecule has 0 saturated carbocycles. The largest absolute Gasteiger partial charge is 0.312 e. The van der Waals surface area contributed by atoms with Crippen LogP contribution < -0.4 is 5.56 Å². The second kappa shape index (κ2) is 3.78. The Hall–Kier alpha value is -1.57. The average Bonchev–Trinajstić information content (AvgIpc) is 2.22. The third kappa shape index (κ3) is 1.64. The van der Waals surface area contributed by atoms with Gasteiger partial charge in [-0.15, -0.1) is 0 Å². The van der Waals surface area contributed by atoms with Crippen LogP contribution in [0, 0.1) is 13.8 Å². The highest BCUT2D eigenvalue weighted by atomic mass is 16.1. The molecular weight excluding hydrogens is 198 g/mol. The summed E-state index contributed by atoms with van der Waals surface area (Å²) in [7, 11) is 0. The smallest absolute Gasteiger partial charge is 0.258 e. The van der Waals surface area contributed by atoms with E-state index in [0.717, 1.165) is 21.9 Å². The Morgan fingerprint density at radius 3 is 2.44 bits per heavy atom. The van der Waals surface area contributed by atoms with Crippen LogP contribution in [-0.2, 0) is 0 Å². The fourth-order valence-electron chi connectivity index (χ4n) is 2.04. The Morgan fingerprint density at radius 2 is 1.81 bits per heavy atom. The van der Waals surface area contributed by atoms with E-state index in [4.69, 9.17) is 0 Å². The molecule has 0 saturated heterocycles. The van der Waals surface area contributed by atoms with Gasteiger partial charge in [0.15, 0.2) is 0 Å². The van der Waals surface area contributed by atoms with Crippen molar-refractivity contribution in [3.63, 3.8) is 0 Å². The van der Waals surface area contributed by atoms with E-state index >= 15 is 0 Å². The summed E-state index contributed by atoms with van der Waals surface area (Å²) in [5, 5.41) is 1.89. The third-order valence-corrected chi connectivity index (χ3v) is 2.95. The van der Waals surface area contributed by atoms with Crippen molar-refractivity contribution < 1.29 is 0 Å². The first kappa shape index (κ1) is 10.9. The highest BCUT2D eigenvalue weighted by Crippen LogP contribution is 2.17. The summed E-state index contributed by atoms with van der Waals surface area (Å²) in [6, 6.07) is 6.26. The standard InChI is InChI=1S/C14H17NO/c1-9(2)15-8-11(4)12-6-5-10(3)7-13(12)14(15)16/h5-9H,1-4H3. The molecule has 0 aliphatic carbocycles. The van der Waals surface area contributed by atoms with Crippen LogP contribution in [0.15, 0.2) is 29.2 Å². The molecule has 1 heterocycles. The molecule has 2 heteroatoms. The van der Waals surface area contributed by atoms with Crippen molar-refractivity contribution in [2.45, 2.75) is 33.7 Å². The minimum Gasteiger partial charge on any atom is -0.312 e. The molecule has 1 aromatic heterocycles. The molecule has 1 aromatic carbocycles.